The number of aliphatic hydroxyl groups is 1. The fourth-order valence-electron chi connectivity index (χ4n) is 3.52. The lowest BCUT2D eigenvalue weighted by Crippen LogP contribution is -2.38. The summed E-state index contributed by atoms with van der Waals surface area (Å²) in [5, 5.41) is 10.3. The van der Waals surface area contributed by atoms with E-state index >= 15 is 0 Å². The molecule has 0 radical (unpaired) electrons. The summed E-state index contributed by atoms with van der Waals surface area (Å²) in [6.07, 6.45) is 3.17. The third kappa shape index (κ3) is 4.79. The van der Waals surface area contributed by atoms with Gasteiger partial charge >= 0.3 is 0 Å². The molecule has 2 rings (SSSR count). The third-order valence-electron chi connectivity index (χ3n) is 4.85. The summed E-state index contributed by atoms with van der Waals surface area (Å²) in [5.41, 5.74) is 2.18. The van der Waals surface area contributed by atoms with Crippen LogP contribution in [-0.2, 0) is 6.54 Å². The van der Waals surface area contributed by atoms with E-state index in [2.05, 4.69) is 42.9 Å². The van der Waals surface area contributed by atoms with Crippen molar-refractivity contribution in [1.29, 1.82) is 0 Å². The summed E-state index contributed by atoms with van der Waals surface area (Å²) in [6, 6.07) is 6.18. The zero-order chi connectivity index (χ0) is 15.4. The molecule has 0 saturated heterocycles. The molecule has 0 spiro atoms. The molecule has 1 heterocycles. The topological polar surface area (TPSA) is 36.4 Å². The van der Waals surface area contributed by atoms with E-state index in [1.54, 1.807) is 0 Å². The molecule has 3 atom stereocenters. The van der Waals surface area contributed by atoms with Gasteiger partial charge in [-0.2, -0.15) is 0 Å². The van der Waals surface area contributed by atoms with Gasteiger partial charge in [-0.3, -0.25) is 4.98 Å². The summed E-state index contributed by atoms with van der Waals surface area (Å²) >= 11 is 0. The normalized spacial score (nSPS) is 26.5. The summed E-state index contributed by atoms with van der Waals surface area (Å²) < 4.78 is 0. The van der Waals surface area contributed by atoms with Crippen LogP contribution in [0.5, 0.6) is 0 Å². The van der Waals surface area contributed by atoms with Crippen molar-refractivity contribution in [2.45, 2.75) is 52.7 Å². The van der Waals surface area contributed by atoms with E-state index in [1.807, 2.05) is 13.0 Å². The lowest BCUT2D eigenvalue weighted by molar-refractivity contribution is 0.0212. The van der Waals surface area contributed by atoms with Crippen LogP contribution in [0.2, 0.25) is 0 Å². The van der Waals surface area contributed by atoms with Crippen LogP contribution in [-0.4, -0.2) is 34.7 Å². The molecule has 21 heavy (non-hydrogen) atoms. The monoisotopic (exact) mass is 290 g/mol. The van der Waals surface area contributed by atoms with Gasteiger partial charge in [0.2, 0.25) is 0 Å². The molecule has 0 bridgehead atoms. The van der Waals surface area contributed by atoms with Crippen LogP contribution in [0.3, 0.4) is 0 Å². The number of rotatable bonds is 5. The molecule has 0 amide bonds. The van der Waals surface area contributed by atoms with E-state index in [-0.39, 0.29) is 6.10 Å². The van der Waals surface area contributed by atoms with Gasteiger partial charge in [0.1, 0.15) is 0 Å². The Morgan fingerprint density at radius 3 is 2.76 bits per heavy atom. The molecule has 0 aliphatic heterocycles. The Balaban J connectivity index is 1.90. The predicted octanol–water partition coefficient (Wildman–Crippen LogP) is 3.26. The summed E-state index contributed by atoms with van der Waals surface area (Å²) in [6.45, 7) is 8.46. The van der Waals surface area contributed by atoms with E-state index in [9.17, 15) is 5.11 Å². The summed E-state index contributed by atoms with van der Waals surface area (Å²) in [5.74, 6) is 1.90. The quantitative estimate of drug-likeness (QED) is 0.904. The average molecular weight is 290 g/mol. The number of hydrogen-bond donors (Lipinski definition) is 1. The van der Waals surface area contributed by atoms with E-state index in [0.29, 0.717) is 5.92 Å². The average Bonchev–Trinajstić information content (AvgIpc) is 2.41. The number of nitrogens with zero attached hydrogens (tertiary/aromatic N) is 2. The fraction of sp³-hybridized carbons (Fsp3) is 0.722. The SMILES string of the molecule is Cc1cccc(CN(C)CC2CC(C(C)C)CCC2O)n1. The van der Waals surface area contributed by atoms with Gasteiger partial charge in [0.25, 0.3) is 0 Å². The van der Waals surface area contributed by atoms with E-state index in [1.165, 1.54) is 6.42 Å². The Labute approximate surface area is 129 Å². The van der Waals surface area contributed by atoms with Gasteiger partial charge in [0.05, 0.1) is 11.8 Å². The highest BCUT2D eigenvalue weighted by molar-refractivity contribution is 5.09. The second-order valence-electron chi connectivity index (χ2n) is 7.11. The minimum absolute atomic E-state index is 0.132. The van der Waals surface area contributed by atoms with Crippen molar-refractivity contribution >= 4 is 0 Å². The maximum Gasteiger partial charge on any atom is 0.0580 e. The summed E-state index contributed by atoms with van der Waals surface area (Å²) in [4.78, 5) is 6.87. The molecule has 3 nitrogen and oxygen atoms in total. The molecule has 1 aromatic rings. The molecule has 1 aliphatic carbocycles. The van der Waals surface area contributed by atoms with Crippen molar-refractivity contribution in [2.75, 3.05) is 13.6 Å². The number of aliphatic hydroxyl groups excluding tert-OH is 1. The molecule has 118 valence electrons. The van der Waals surface area contributed by atoms with Gasteiger partial charge in [-0.05, 0) is 63.1 Å². The lowest BCUT2D eigenvalue weighted by atomic mass is 9.74. The molecule has 1 aromatic heterocycles. The minimum Gasteiger partial charge on any atom is -0.393 e. The van der Waals surface area contributed by atoms with Crippen molar-refractivity contribution in [3.05, 3.63) is 29.6 Å². The molecular formula is C18H30N2O. The molecule has 0 aromatic carbocycles. The second-order valence-corrected chi connectivity index (χ2v) is 7.11. The molecule has 1 fully saturated rings. The highest BCUT2D eigenvalue weighted by atomic mass is 16.3. The first kappa shape index (κ1) is 16.4. The second kappa shape index (κ2) is 7.37. The first-order valence-corrected chi connectivity index (χ1v) is 8.25. The number of aromatic nitrogens is 1. The van der Waals surface area contributed by atoms with E-state index in [4.69, 9.17) is 0 Å². The maximum atomic E-state index is 10.3. The minimum atomic E-state index is -0.132. The molecular weight excluding hydrogens is 260 g/mol. The number of aryl methyl sites for hydroxylation is 1. The lowest BCUT2D eigenvalue weighted by Gasteiger charge is -2.37. The van der Waals surface area contributed by atoms with Crippen LogP contribution in [0.25, 0.3) is 0 Å². The molecule has 1 saturated carbocycles. The fourth-order valence-corrected chi connectivity index (χ4v) is 3.52. The highest BCUT2D eigenvalue weighted by Crippen LogP contribution is 2.34. The van der Waals surface area contributed by atoms with Crippen LogP contribution >= 0.6 is 0 Å². The van der Waals surface area contributed by atoms with Crippen molar-refractivity contribution in [2.24, 2.45) is 17.8 Å². The van der Waals surface area contributed by atoms with Crippen LogP contribution in [0, 0.1) is 24.7 Å². The Morgan fingerprint density at radius 2 is 2.10 bits per heavy atom. The van der Waals surface area contributed by atoms with Gasteiger partial charge in [-0.25, -0.2) is 0 Å². The van der Waals surface area contributed by atoms with Crippen molar-refractivity contribution in [3.8, 4) is 0 Å². The Hall–Kier alpha value is -0.930. The van der Waals surface area contributed by atoms with Gasteiger partial charge in [0.15, 0.2) is 0 Å². The smallest absolute Gasteiger partial charge is 0.0580 e. The number of pyridine rings is 1. The van der Waals surface area contributed by atoms with Crippen molar-refractivity contribution in [1.82, 2.24) is 9.88 Å². The van der Waals surface area contributed by atoms with Gasteiger partial charge in [-0.15, -0.1) is 0 Å². The van der Waals surface area contributed by atoms with Crippen LogP contribution in [0.4, 0.5) is 0 Å². The maximum absolute atomic E-state index is 10.3. The zero-order valence-corrected chi connectivity index (χ0v) is 13.9. The Morgan fingerprint density at radius 1 is 1.33 bits per heavy atom. The molecule has 1 aliphatic rings. The molecule has 3 heteroatoms. The van der Waals surface area contributed by atoms with Gasteiger partial charge in [0, 0.05) is 18.8 Å². The zero-order valence-electron chi connectivity index (χ0n) is 13.9. The first-order chi connectivity index (χ1) is 9.95. The van der Waals surface area contributed by atoms with Gasteiger partial charge < -0.3 is 10.0 Å². The largest absolute Gasteiger partial charge is 0.393 e. The third-order valence-corrected chi connectivity index (χ3v) is 4.85. The number of hydrogen-bond acceptors (Lipinski definition) is 3. The van der Waals surface area contributed by atoms with Crippen LogP contribution in [0.15, 0.2) is 18.2 Å². The highest BCUT2D eigenvalue weighted by Gasteiger charge is 2.31. The van der Waals surface area contributed by atoms with Crippen molar-refractivity contribution in [3.63, 3.8) is 0 Å². The molecule has 1 N–H and O–H groups in total. The van der Waals surface area contributed by atoms with Gasteiger partial charge in [-0.1, -0.05) is 19.9 Å². The van der Waals surface area contributed by atoms with E-state index in [0.717, 1.165) is 49.2 Å². The van der Waals surface area contributed by atoms with Crippen LogP contribution in [0.1, 0.15) is 44.5 Å². The van der Waals surface area contributed by atoms with E-state index < -0.39 is 0 Å². The van der Waals surface area contributed by atoms with Crippen LogP contribution < -0.4 is 0 Å². The standard InChI is InChI=1S/C18H30N2O/c1-13(2)15-8-9-18(21)16(10-15)11-20(4)12-17-7-5-6-14(3)19-17/h5-7,13,15-16,18,21H,8-12H2,1-4H3. The van der Waals surface area contributed by atoms with Crippen molar-refractivity contribution < 1.29 is 5.11 Å². The first-order valence-electron chi connectivity index (χ1n) is 8.25. The Bertz CT molecular complexity index is 447. The Kier molecular flexibility index (Phi) is 5.77. The predicted molar refractivity (Wildman–Crippen MR) is 87.0 cm³/mol. The molecule has 3 unspecified atom stereocenters. The summed E-state index contributed by atoms with van der Waals surface area (Å²) in [7, 11) is 2.13.